The van der Waals surface area contributed by atoms with Gasteiger partial charge in [-0.3, -0.25) is 0 Å². The fourth-order valence-electron chi connectivity index (χ4n) is 3.11. The van der Waals surface area contributed by atoms with Gasteiger partial charge in [-0.05, 0) is 31.7 Å². The summed E-state index contributed by atoms with van der Waals surface area (Å²) in [5.41, 5.74) is 0. The lowest BCUT2D eigenvalue weighted by Crippen LogP contribution is -2.51. The number of fused-ring (bicyclic) bond motifs is 2. The van der Waals surface area contributed by atoms with Crippen LogP contribution in [0.25, 0.3) is 0 Å². The molecule has 1 aromatic rings. The van der Waals surface area contributed by atoms with Crippen LogP contribution in [0.4, 0.5) is 0 Å². The quantitative estimate of drug-likeness (QED) is 0.798. The van der Waals surface area contributed by atoms with Crippen LogP contribution in [0, 0.1) is 0 Å². The number of ether oxygens (including phenoxy) is 1. The van der Waals surface area contributed by atoms with Crippen molar-refractivity contribution in [1.82, 2.24) is 5.32 Å². The van der Waals surface area contributed by atoms with Crippen LogP contribution < -0.4 is 10.1 Å². The van der Waals surface area contributed by atoms with Crippen molar-refractivity contribution in [3.05, 3.63) is 27.2 Å². The number of nitrogens with one attached hydrogen (secondary N) is 1. The van der Waals surface area contributed by atoms with Crippen molar-refractivity contribution in [1.29, 1.82) is 0 Å². The van der Waals surface area contributed by atoms with Gasteiger partial charge in [-0.25, -0.2) is 0 Å². The van der Waals surface area contributed by atoms with Crippen LogP contribution in [0.2, 0.25) is 15.1 Å². The summed E-state index contributed by atoms with van der Waals surface area (Å²) < 4.78 is 6.04. The Morgan fingerprint density at radius 2 is 1.74 bits per heavy atom. The van der Waals surface area contributed by atoms with E-state index < -0.39 is 0 Å². The highest BCUT2D eigenvalue weighted by Gasteiger charge is 2.32. The summed E-state index contributed by atoms with van der Waals surface area (Å²) in [4.78, 5) is 0. The maximum absolute atomic E-state index is 6.17. The van der Waals surface area contributed by atoms with Crippen molar-refractivity contribution in [3.8, 4) is 5.75 Å². The molecule has 5 heteroatoms. The smallest absolute Gasteiger partial charge is 0.141 e. The van der Waals surface area contributed by atoms with E-state index in [-0.39, 0.29) is 6.10 Å². The van der Waals surface area contributed by atoms with Gasteiger partial charge in [-0.15, -0.1) is 0 Å². The van der Waals surface area contributed by atoms with Crippen LogP contribution in [0.3, 0.4) is 0 Å². The number of piperidine rings is 2. The largest absolute Gasteiger partial charge is 0.489 e. The lowest BCUT2D eigenvalue weighted by Gasteiger charge is -2.40. The van der Waals surface area contributed by atoms with Gasteiger partial charge in [0.05, 0.1) is 5.02 Å². The second-order valence-electron chi connectivity index (χ2n) is 5.40. The molecule has 0 unspecified atom stereocenters. The molecule has 1 N–H and O–H groups in total. The van der Waals surface area contributed by atoms with Crippen LogP contribution in [0.15, 0.2) is 12.1 Å². The van der Waals surface area contributed by atoms with E-state index in [4.69, 9.17) is 39.5 Å². The molecule has 0 spiro atoms. The van der Waals surface area contributed by atoms with Crippen molar-refractivity contribution in [2.24, 2.45) is 0 Å². The van der Waals surface area contributed by atoms with Gasteiger partial charge in [0.2, 0.25) is 0 Å². The standard InChI is InChI=1S/C14H16Cl3NO/c15-8-4-12(16)14(17)13(5-8)19-11-6-9-2-1-3-10(7-11)18-9/h4-5,9-11,18H,1-3,6-7H2/t9-,10+,11+. The van der Waals surface area contributed by atoms with E-state index in [1.54, 1.807) is 12.1 Å². The minimum Gasteiger partial charge on any atom is -0.489 e. The van der Waals surface area contributed by atoms with E-state index in [0.717, 1.165) is 12.8 Å². The zero-order chi connectivity index (χ0) is 13.4. The predicted octanol–water partition coefficient (Wildman–Crippen LogP) is 4.70. The Morgan fingerprint density at radius 3 is 2.42 bits per heavy atom. The van der Waals surface area contributed by atoms with Gasteiger partial charge in [0.15, 0.2) is 0 Å². The molecule has 2 nitrogen and oxygen atoms in total. The molecule has 0 radical (unpaired) electrons. The molecule has 2 aliphatic heterocycles. The van der Waals surface area contributed by atoms with E-state index in [1.807, 2.05) is 0 Å². The summed E-state index contributed by atoms with van der Waals surface area (Å²) >= 11 is 18.2. The summed E-state index contributed by atoms with van der Waals surface area (Å²) in [6.45, 7) is 0. The Balaban J connectivity index is 1.74. The van der Waals surface area contributed by atoms with E-state index in [2.05, 4.69) is 5.32 Å². The molecule has 0 saturated carbocycles. The van der Waals surface area contributed by atoms with E-state index in [1.165, 1.54) is 19.3 Å². The Labute approximate surface area is 128 Å². The first kappa shape index (κ1) is 13.8. The van der Waals surface area contributed by atoms with Gasteiger partial charge in [-0.2, -0.15) is 0 Å². The Kier molecular flexibility index (Phi) is 4.14. The predicted molar refractivity (Wildman–Crippen MR) is 79.7 cm³/mol. The van der Waals surface area contributed by atoms with Crippen LogP contribution in [-0.4, -0.2) is 18.2 Å². The van der Waals surface area contributed by atoms with Gasteiger partial charge in [0, 0.05) is 23.2 Å². The van der Waals surface area contributed by atoms with Crippen LogP contribution in [0.1, 0.15) is 32.1 Å². The third-order valence-corrected chi connectivity index (χ3v) is 4.93. The molecule has 3 rings (SSSR count). The van der Waals surface area contributed by atoms with Crippen LogP contribution in [0.5, 0.6) is 5.75 Å². The minimum absolute atomic E-state index is 0.198. The maximum Gasteiger partial charge on any atom is 0.141 e. The van der Waals surface area contributed by atoms with E-state index >= 15 is 0 Å². The van der Waals surface area contributed by atoms with Crippen molar-refractivity contribution in [2.75, 3.05) is 0 Å². The highest BCUT2D eigenvalue weighted by molar-refractivity contribution is 6.44. The SMILES string of the molecule is Clc1cc(Cl)c(Cl)c(O[C@H]2C[C@H]3CCC[C@@H](C2)N3)c1. The lowest BCUT2D eigenvalue weighted by molar-refractivity contribution is 0.0928. The molecule has 2 fully saturated rings. The molecule has 0 amide bonds. The van der Waals surface area contributed by atoms with Gasteiger partial charge < -0.3 is 10.1 Å². The molecule has 2 heterocycles. The molecule has 2 saturated heterocycles. The summed E-state index contributed by atoms with van der Waals surface area (Å²) in [7, 11) is 0. The van der Waals surface area contributed by atoms with Gasteiger partial charge in [0.1, 0.15) is 16.9 Å². The lowest BCUT2D eigenvalue weighted by atomic mass is 9.85. The fraction of sp³-hybridized carbons (Fsp3) is 0.571. The number of benzene rings is 1. The van der Waals surface area contributed by atoms with E-state index in [9.17, 15) is 0 Å². The highest BCUT2D eigenvalue weighted by atomic mass is 35.5. The number of hydrogen-bond acceptors (Lipinski definition) is 2. The third-order valence-electron chi connectivity index (χ3n) is 3.92. The van der Waals surface area contributed by atoms with Gasteiger partial charge >= 0.3 is 0 Å². The Hall–Kier alpha value is -0.150. The zero-order valence-electron chi connectivity index (χ0n) is 10.5. The third kappa shape index (κ3) is 3.13. The van der Waals surface area contributed by atoms with E-state index in [0.29, 0.717) is 32.9 Å². The van der Waals surface area contributed by atoms with Crippen molar-refractivity contribution < 1.29 is 4.74 Å². The highest BCUT2D eigenvalue weighted by Crippen LogP contribution is 2.37. The molecular formula is C14H16Cl3NO. The molecule has 3 atom stereocenters. The molecule has 0 aromatic heterocycles. The summed E-state index contributed by atoms with van der Waals surface area (Å²) in [6.07, 6.45) is 6.04. The van der Waals surface area contributed by atoms with Crippen molar-refractivity contribution in [2.45, 2.75) is 50.3 Å². The molecule has 104 valence electrons. The topological polar surface area (TPSA) is 21.3 Å². The normalized spacial score (nSPS) is 30.2. The van der Waals surface area contributed by atoms with Crippen molar-refractivity contribution in [3.63, 3.8) is 0 Å². The molecule has 0 aliphatic carbocycles. The number of halogens is 3. The Bertz CT molecular complexity index is 468. The number of hydrogen-bond donors (Lipinski definition) is 1. The first-order valence-corrected chi connectivity index (χ1v) is 7.82. The fourth-order valence-corrected chi connectivity index (χ4v) is 3.74. The average Bonchev–Trinajstić information content (AvgIpc) is 2.35. The monoisotopic (exact) mass is 319 g/mol. The number of rotatable bonds is 2. The summed E-state index contributed by atoms with van der Waals surface area (Å²) in [5.74, 6) is 0.601. The summed E-state index contributed by atoms with van der Waals surface area (Å²) in [6, 6.07) is 4.53. The van der Waals surface area contributed by atoms with Crippen LogP contribution >= 0.6 is 34.8 Å². The average molecular weight is 321 g/mol. The molecular weight excluding hydrogens is 305 g/mol. The molecule has 19 heavy (non-hydrogen) atoms. The molecule has 2 bridgehead atoms. The second-order valence-corrected chi connectivity index (χ2v) is 6.62. The molecule has 2 aliphatic rings. The maximum atomic E-state index is 6.17. The summed E-state index contributed by atoms with van der Waals surface area (Å²) in [5, 5.41) is 5.09. The second kappa shape index (κ2) is 5.69. The van der Waals surface area contributed by atoms with Gasteiger partial charge in [0.25, 0.3) is 0 Å². The first-order valence-electron chi connectivity index (χ1n) is 6.69. The Morgan fingerprint density at radius 1 is 1.05 bits per heavy atom. The molecule has 1 aromatic carbocycles. The zero-order valence-corrected chi connectivity index (χ0v) is 12.7. The van der Waals surface area contributed by atoms with Gasteiger partial charge in [-0.1, -0.05) is 41.2 Å². The first-order chi connectivity index (χ1) is 9.11. The van der Waals surface area contributed by atoms with Crippen molar-refractivity contribution >= 4 is 34.8 Å². The van der Waals surface area contributed by atoms with Crippen LogP contribution in [-0.2, 0) is 0 Å². The minimum atomic E-state index is 0.198.